The minimum absolute atomic E-state index is 0.00426. The molecule has 2 amide bonds. The Bertz CT molecular complexity index is 1380. The van der Waals surface area contributed by atoms with E-state index in [0.29, 0.717) is 23.0 Å². The van der Waals surface area contributed by atoms with Crippen molar-refractivity contribution >= 4 is 35.0 Å². The smallest absolute Gasteiger partial charge is 0.230 e. The van der Waals surface area contributed by atoms with Crippen LogP contribution in [0.3, 0.4) is 0 Å². The van der Waals surface area contributed by atoms with Crippen LogP contribution < -0.4 is 10.6 Å². The van der Waals surface area contributed by atoms with Crippen LogP contribution in [-0.2, 0) is 27.0 Å². The van der Waals surface area contributed by atoms with Gasteiger partial charge in [-0.05, 0) is 85.5 Å². The molecule has 2 atom stereocenters. The molecule has 2 fully saturated rings. The van der Waals surface area contributed by atoms with Crippen molar-refractivity contribution < 1.29 is 14.0 Å². The Balaban J connectivity index is 1.23. The second-order valence-electron chi connectivity index (χ2n) is 11.4. The first-order valence-corrected chi connectivity index (χ1v) is 15.0. The van der Waals surface area contributed by atoms with Gasteiger partial charge in [0.1, 0.15) is 5.82 Å². The van der Waals surface area contributed by atoms with Crippen molar-refractivity contribution in [2.45, 2.75) is 50.0 Å². The molecule has 5 rings (SSSR count). The summed E-state index contributed by atoms with van der Waals surface area (Å²) in [5.41, 5.74) is 2.02. The number of benzene rings is 3. The van der Waals surface area contributed by atoms with E-state index in [1.807, 2.05) is 30.3 Å². The fraction of sp³-hybridized carbons (Fsp3) is 0.394. The maximum absolute atomic E-state index is 13.7. The molecule has 1 saturated carbocycles. The van der Waals surface area contributed by atoms with Crippen molar-refractivity contribution in [3.63, 3.8) is 0 Å². The molecule has 216 valence electrons. The first-order chi connectivity index (χ1) is 19.7. The summed E-state index contributed by atoms with van der Waals surface area (Å²) < 4.78 is 13.3. The minimum Gasteiger partial charge on any atom is -0.355 e. The van der Waals surface area contributed by atoms with E-state index >= 15 is 0 Å². The lowest BCUT2D eigenvalue weighted by atomic mass is 9.80. The molecule has 3 aromatic rings. The van der Waals surface area contributed by atoms with Crippen LogP contribution in [0, 0.1) is 11.7 Å². The van der Waals surface area contributed by atoms with E-state index in [0.717, 1.165) is 62.0 Å². The molecule has 0 spiro atoms. The molecule has 1 aliphatic heterocycles. The number of rotatable bonds is 10. The second kappa shape index (κ2) is 12.5. The molecule has 2 aliphatic rings. The van der Waals surface area contributed by atoms with Crippen LogP contribution in [0.1, 0.15) is 49.3 Å². The Hall–Kier alpha value is -2.93. The van der Waals surface area contributed by atoms with Gasteiger partial charge >= 0.3 is 0 Å². The molecular weight excluding hydrogens is 560 g/mol. The summed E-state index contributed by atoms with van der Waals surface area (Å²) in [5.74, 6) is -0.110. The summed E-state index contributed by atoms with van der Waals surface area (Å²) in [7, 11) is 0. The van der Waals surface area contributed by atoms with E-state index in [1.54, 1.807) is 25.1 Å². The lowest BCUT2D eigenvalue weighted by Gasteiger charge is -2.42. The normalized spacial score (nSPS) is 21.7. The highest BCUT2D eigenvalue weighted by Crippen LogP contribution is 2.57. The number of carbonyl (C=O) groups excluding carboxylic acids is 2. The number of piperidine rings is 1. The number of amides is 2. The SMILES string of the molecule is CC(=O)NC1(c2ccccc2)CCN(CCC2CC2(C(=O)NCCc2ccc(F)cc2)c2ccc(Cl)c(Cl)c2)CC1. The van der Waals surface area contributed by atoms with E-state index < -0.39 is 5.41 Å². The standard InChI is InChI=1S/C33H36Cl2FN3O2/c1-23(40)38-32(25-5-3-2-4-6-25)15-19-39(20-16-32)18-14-27-22-33(27,26-9-12-29(34)30(35)21-26)31(41)37-17-13-24-7-10-28(36)11-8-24/h2-12,21,27H,13-20,22H2,1H3,(H,37,41)(H,38,40). The van der Waals surface area contributed by atoms with E-state index in [1.165, 1.54) is 12.1 Å². The van der Waals surface area contributed by atoms with Gasteiger partial charge in [-0.3, -0.25) is 9.59 Å². The molecule has 1 saturated heterocycles. The molecule has 0 bridgehead atoms. The summed E-state index contributed by atoms with van der Waals surface area (Å²) in [6.45, 7) is 4.66. The minimum atomic E-state index is -0.642. The molecule has 3 aromatic carbocycles. The monoisotopic (exact) mass is 595 g/mol. The van der Waals surface area contributed by atoms with Gasteiger partial charge in [0.2, 0.25) is 11.8 Å². The molecule has 5 nitrogen and oxygen atoms in total. The van der Waals surface area contributed by atoms with Crippen molar-refractivity contribution in [2.24, 2.45) is 5.92 Å². The van der Waals surface area contributed by atoms with Crippen molar-refractivity contribution in [1.29, 1.82) is 0 Å². The van der Waals surface area contributed by atoms with Gasteiger partial charge in [-0.15, -0.1) is 0 Å². The lowest BCUT2D eigenvalue weighted by Crippen LogP contribution is -2.52. The van der Waals surface area contributed by atoms with Crippen molar-refractivity contribution in [1.82, 2.24) is 15.5 Å². The van der Waals surface area contributed by atoms with Crippen LogP contribution in [0.4, 0.5) is 4.39 Å². The van der Waals surface area contributed by atoms with Crippen LogP contribution in [0.2, 0.25) is 10.0 Å². The largest absolute Gasteiger partial charge is 0.355 e. The molecule has 8 heteroatoms. The average Bonchev–Trinajstić information content (AvgIpc) is 3.71. The third-order valence-electron chi connectivity index (χ3n) is 8.80. The van der Waals surface area contributed by atoms with E-state index in [-0.39, 0.29) is 29.1 Å². The summed E-state index contributed by atoms with van der Waals surface area (Å²) >= 11 is 12.6. The number of likely N-dealkylation sites (tertiary alicyclic amines) is 1. The van der Waals surface area contributed by atoms with Gasteiger partial charge in [-0.25, -0.2) is 4.39 Å². The van der Waals surface area contributed by atoms with Crippen LogP contribution in [0.25, 0.3) is 0 Å². The summed E-state index contributed by atoms with van der Waals surface area (Å²) in [5, 5.41) is 7.29. The van der Waals surface area contributed by atoms with Gasteiger partial charge in [0.25, 0.3) is 0 Å². The van der Waals surface area contributed by atoms with Crippen LogP contribution in [0.15, 0.2) is 72.8 Å². The van der Waals surface area contributed by atoms with Gasteiger partial charge in [0.15, 0.2) is 0 Å². The first-order valence-electron chi connectivity index (χ1n) is 14.3. The Morgan fingerprint density at radius 2 is 1.66 bits per heavy atom. The molecule has 1 heterocycles. The Labute approximate surface area is 251 Å². The fourth-order valence-corrected chi connectivity index (χ4v) is 6.72. The maximum atomic E-state index is 13.7. The summed E-state index contributed by atoms with van der Waals surface area (Å²) in [6, 6.07) is 22.1. The first kappa shape index (κ1) is 29.6. The Morgan fingerprint density at radius 1 is 0.951 bits per heavy atom. The third kappa shape index (κ3) is 6.61. The highest BCUT2D eigenvalue weighted by atomic mass is 35.5. The van der Waals surface area contributed by atoms with E-state index in [4.69, 9.17) is 23.2 Å². The van der Waals surface area contributed by atoms with Crippen molar-refractivity contribution in [2.75, 3.05) is 26.2 Å². The van der Waals surface area contributed by atoms with Gasteiger partial charge < -0.3 is 15.5 Å². The Kier molecular flexibility index (Phi) is 9.03. The topological polar surface area (TPSA) is 61.4 Å². The third-order valence-corrected chi connectivity index (χ3v) is 9.54. The van der Waals surface area contributed by atoms with E-state index in [9.17, 15) is 14.0 Å². The second-order valence-corrected chi connectivity index (χ2v) is 12.2. The molecular formula is C33H36Cl2FN3O2. The number of nitrogens with zero attached hydrogens (tertiary/aromatic N) is 1. The van der Waals surface area contributed by atoms with Gasteiger partial charge in [-0.1, -0.05) is 71.7 Å². The van der Waals surface area contributed by atoms with Crippen LogP contribution in [-0.4, -0.2) is 42.9 Å². The zero-order valence-corrected chi connectivity index (χ0v) is 24.8. The molecule has 1 aliphatic carbocycles. The maximum Gasteiger partial charge on any atom is 0.230 e. The molecule has 2 unspecified atom stereocenters. The molecule has 2 N–H and O–H groups in total. The van der Waals surface area contributed by atoms with Crippen molar-refractivity contribution in [3.05, 3.63) is 105 Å². The van der Waals surface area contributed by atoms with Gasteiger partial charge in [0, 0.05) is 26.6 Å². The van der Waals surface area contributed by atoms with Gasteiger partial charge in [-0.2, -0.15) is 0 Å². The predicted octanol–water partition coefficient (Wildman–Crippen LogP) is 6.27. The van der Waals surface area contributed by atoms with Crippen LogP contribution >= 0.6 is 23.2 Å². The van der Waals surface area contributed by atoms with Crippen LogP contribution in [0.5, 0.6) is 0 Å². The van der Waals surface area contributed by atoms with E-state index in [2.05, 4.69) is 27.7 Å². The molecule has 0 radical (unpaired) electrons. The summed E-state index contributed by atoms with van der Waals surface area (Å²) in [6.07, 6.45) is 3.93. The summed E-state index contributed by atoms with van der Waals surface area (Å²) in [4.78, 5) is 28.2. The molecule has 41 heavy (non-hydrogen) atoms. The van der Waals surface area contributed by atoms with Gasteiger partial charge in [0.05, 0.1) is 21.0 Å². The zero-order valence-electron chi connectivity index (χ0n) is 23.3. The quantitative estimate of drug-likeness (QED) is 0.290. The zero-order chi connectivity index (χ0) is 29.0. The average molecular weight is 597 g/mol. The Morgan fingerprint density at radius 3 is 2.32 bits per heavy atom. The highest BCUT2D eigenvalue weighted by Gasteiger charge is 2.60. The lowest BCUT2D eigenvalue weighted by molar-refractivity contribution is -0.124. The number of hydrogen-bond acceptors (Lipinski definition) is 3. The number of nitrogens with one attached hydrogen (secondary N) is 2. The fourth-order valence-electron chi connectivity index (χ4n) is 6.42. The predicted molar refractivity (Wildman–Crippen MR) is 162 cm³/mol. The number of hydrogen-bond donors (Lipinski definition) is 2. The molecule has 0 aromatic heterocycles. The number of halogens is 3. The van der Waals surface area contributed by atoms with Crippen molar-refractivity contribution in [3.8, 4) is 0 Å². The number of carbonyl (C=O) groups is 2. The highest BCUT2D eigenvalue weighted by molar-refractivity contribution is 6.42.